The summed E-state index contributed by atoms with van der Waals surface area (Å²) in [7, 11) is 3.15. The van der Waals surface area contributed by atoms with Crippen LogP contribution < -0.4 is 20.1 Å². The molecule has 0 aliphatic rings. The zero-order valence-corrected chi connectivity index (χ0v) is 13.8. The highest BCUT2D eigenvalue weighted by atomic mass is 35.5. The SMILES string of the molecule is COc1ccc(Cl)cc1NCCC(=O)Nc1ccccc1OC. The zero-order chi connectivity index (χ0) is 16.7. The van der Waals surface area contributed by atoms with Crippen molar-refractivity contribution in [1.82, 2.24) is 0 Å². The molecule has 2 aromatic carbocycles. The lowest BCUT2D eigenvalue weighted by atomic mass is 10.2. The van der Waals surface area contributed by atoms with Gasteiger partial charge in [-0.3, -0.25) is 4.79 Å². The lowest BCUT2D eigenvalue weighted by Crippen LogP contribution is -2.16. The molecule has 0 aromatic heterocycles. The lowest BCUT2D eigenvalue weighted by molar-refractivity contribution is -0.116. The van der Waals surface area contributed by atoms with Gasteiger partial charge in [0, 0.05) is 18.0 Å². The molecule has 0 fully saturated rings. The van der Waals surface area contributed by atoms with E-state index in [4.69, 9.17) is 21.1 Å². The van der Waals surface area contributed by atoms with Gasteiger partial charge in [0.15, 0.2) is 0 Å². The largest absolute Gasteiger partial charge is 0.495 e. The van der Waals surface area contributed by atoms with Gasteiger partial charge in [-0.1, -0.05) is 23.7 Å². The summed E-state index contributed by atoms with van der Waals surface area (Å²) >= 11 is 5.97. The average Bonchev–Trinajstić information content (AvgIpc) is 2.55. The third-order valence-electron chi connectivity index (χ3n) is 3.21. The smallest absolute Gasteiger partial charge is 0.226 e. The number of halogens is 1. The van der Waals surface area contributed by atoms with E-state index in [1.165, 1.54) is 0 Å². The molecule has 6 heteroatoms. The van der Waals surface area contributed by atoms with Crippen molar-refractivity contribution in [2.75, 3.05) is 31.4 Å². The van der Waals surface area contributed by atoms with Gasteiger partial charge < -0.3 is 20.1 Å². The van der Waals surface area contributed by atoms with E-state index in [1.807, 2.05) is 12.1 Å². The molecule has 0 bridgehead atoms. The van der Waals surface area contributed by atoms with Crippen LogP contribution in [-0.2, 0) is 4.79 Å². The zero-order valence-electron chi connectivity index (χ0n) is 13.1. The van der Waals surface area contributed by atoms with Crippen LogP contribution in [0.15, 0.2) is 42.5 Å². The maximum atomic E-state index is 12.0. The number of anilines is 2. The van der Waals surface area contributed by atoms with Crippen molar-refractivity contribution in [2.45, 2.75) is 6.42 Å². The van der Waals surface area contributed by atoms with Gasteiger partial charge in [0.25, 0.3) is 0 Å². The molecule has 2 aromatic rings. The number of benzene rings is 2. The first-order valence-corrected chi connectivity index (χ1v) is 7.52. The summed E-state index contributed by atoms with van der Waals surface area (Å²) in [5.74, 6) is 1.20. The molecule has 0 unspecified atom stereocenters. The second-order valence-corrected chi connectivity index (χ2v) is 5.21. The van der Waals surface area contributed by atoms with Gasteiger partial charge in [-0.15, -0.1) is 0 Å². The Balaban J connectivity index is 1.89. The Hall–Kier alpha value is -2.40. The van der Waals surface area contributed by atoms with Gasteiger partial charge in [-0.05, 0) is 30.3 Å². The summed E-state index contributed by atoms with van der Waals surface area (Å²) in [6.45, 7) is 0.456. The van der Waals surface area contributed by atoms with Crippen molar-refractivity contribution in [3.8, 4) is 11.5 Å². The van der Waals surface area contributed by atoms with E-state index < -0.39 is 0 Å². The Kier molecular flexibility index (Phi) is 6.11. The molecule has 0 spiro atoms. The van der Waals surface area contributed by atoms with Crippen LogP contribution in [0.25, 0.3) is 0 Å². The van der Waals surface area contributed by atoms with Gasteiger partial charge in [0.2, 0.25) is 5.91 Å². The molecule has 0 saturated heterocycles. The normalized spacial score (nSPS) is 10.0. The van der Waals surface area contributed by atoms with Gasteiger partial charge in [0.05, 0.1) is 25.6 Å². The van der Waals surface area contributed by atoms with E-state index in [-0.39, 0.29) is 5.91 Å². The van der Waals surface area contributed by atoms with Crippen LogP contribution in [0.4, 0.5) is 11.4 Å². The summed E-state index contributed by atoms with van der Waals surface area (Å²) < 4.78 is 10.4. The Morgan fingerprint density at radius 2 is 1.74 bits per heavy atom. The van der Waals surface area contributed by atoms with E-state index in [0.29, 0.717) is 35.2 Å². The highest BCUT2D eigenvalue weighted by molar-refractivity contribution is 6.30. The number of hydrogen-bond donors (Lipinski definition) is 2. The van der Waals surface area contributed by atoms with Crippen LogP contribution in [0.2, 0.25) is 5.02 Å². The quantitative estimate of drug-likeness (QED) is 0.808. The summed E-state index contributed by atoms with van der Waals surface area (Å²) in [4.78, 5) is 12.0. The maximum Gasteiger partial charge on any atom is 0.226 e. The van der Waals surface area contributed by atoms with Gasteiger partial charge in [0.1, 0.15) is 11.5 Å². The van der Waals surface area contributed by atoms with Crippen molar-refractivity contribution < 1.29 is 14.3 Å². The van der Waals surface area contributed by atoms with Gasteiger partial charge in [-0.25, -0.2) is 0 Å². The Morgan fingerprint density at radius 1 is 1.04 bits per heavy atom. The fourth-order valence-corrected chi connectivity index (χ4v) is 2.26. The molecule has 0 heterocycles. The van der Waals surface area contributed by atoms with E-state index >= 15 is 0 Å². The molecule has 122 valence electrons. The third-order valence-corrected chi connectivity index (χ3v) is 3.45. The fraction of sp³-hybridized carbons (Fsp3) is 0.235. The molecular weight excluding hydrogens is 316 g/mol. The van der Waals surface area contributed by atoms with Gasteiger partial charge >= 0.3 is 0 Å². The van der Waals surface area contributed by atoms with E-state index in [1.54, 1.807) is 44.6 Å². The molecule has 2 rings (SSSR count). The fourth-order valence-electron chi connectivity index (χ4n) is 2.09. The Bertz CT molecular complexity index is 677. The van der Waals surface area contributed by atoms with Crippen molar-refractivity contribution in [2.24, 2.45) is 0 Å². The minimum atomic E-state index is -0.108. The molecule has 0 radical (unpaired) electrons. The maximum absolute atomic E-state index is 12.0. The van der Waals surface area contributed by atoms with Crippen LogP contribution in [0.1, 0.15) is 6.42 Å². The van der Waals surface area contributed by atoms with Crippen LogP contribution in [0.5, 0.6) is 11.5 Å². The molecule has 0 aliphatic heterocycles. The standard InChI is InChI=1S/C17H19ClN2O3/c1-22-15-6-4-3-5-13(15)20-17(21)9-10-19-14-11-12(18)7-8-16(14)23-2/h3-8,11,19H,9-10H2,1-2H3,(H,20,21). The first-order valence-electron chi connectivity index (χ1n) is 7.14. The van der Waals surface area contributed by atoms with Crippen LogP contribution in [0, 0.1) is 0 Å². The summed E-state index contributed by atoms with van der Waals surface area (Å²) in [6, 6.07) is 12.6. The molecule has 1 amide bonds. The summed E-state index contributed by atoms with van der Waals surface area (Å²) in [5, 5.41) is 6.58. The third kappa shape index (κ3) is 4.79. The highest BCUT2D eigenvalue weighted by Crippen LogP contribution is 2.27. The Morgan fingerprint density at radius 3 is 2.48 bits per heavy atom. The van der Waals surface area contributed by atoms with Gasteiger partial charge in [-0.2, -0.15) is 0 Å². The topological polar surface area (TPSA) is 59.6 Å². The number of nitrogens with one attached hydrogen (secondary N) is 2. The number of ether oxygens (including phenoxy) is 2. The minimum absolute atomic E-state index is 0.108. The number of carbonyl (C=O) groups excluding carboxylic acids is 1. The monoisotopic (exact) mass is 334 g/mol. The predicted molar refractivity (Wildman–Crippen MR) is 92.7 cm³/mol. The number of para-hydroxylation sites is 2. The van der Waals surface area contributed by atoms with E-state index in [9.17, 15) is 4.79 Å². The van der Waals surface area contributed by atoms with Crippen LogP contribution in [-0.4, -0.2) is 26.7 Å². The number of hydrogen-bond acceptors (Lipinski definition) is 4. The highest BCUT2D eigenvalue weighted by Gasteiger charge is 2.08. The Labute approximate surface area is 140 Å². The minimum Gasteiger partial charge on any atom is -0.495 e. The predicted octanol–water partition coefficient (Wildman–Crippen LogP) is 3.80. The van der Waals surface area contributed by atoms with Crippen molar-refractivity contribution in [1.29, 1.82) is 0 Å². The molecular formula is C17H19ClN2O3. The molecule has 23 heavy (non-hydrogen) atoms. The number of rotatable bonds is 7. The molecule has 0 saturated carbocycles. The number of amides is 1. The number of carbonyl (C=O) groups is 1. The van der Waals surface area contributed by atoms with Crippen molar-refractivity contribution in [3.05, 3.63) is 47.5 Å². The van der Waals surface area contributed by atoms with E-state index in [2.05, 4.69) is 10.6 Å². The second-order valence-electron chi connectivity index (χ2n) is 4.77. The van der Waals surface area contributed by atoms with Crippen molar-refractivity contribution in [3.63, 3.8) is 0 Å². The van der Waals surface area contributed by atoms with Crippen molar-refractivity contribution >= 4 is 28.9 Å². The second kappa shape index (κ2) is 8.29. The molecule has 0 aliphatic carbocycles. The number of methoxy groups -OCH3 is 2. The molecule has 0 atom stereocenters. The lowest BCUT2D eigenvalue weighted by Gasteiger charge is -2.12. The molecule has 5 nitrogen and oxygen atoms in total. The summed E-state index contributed by atoms with van der Waals surface area (Å²) in [6.07, 6.45) is 0.299. The average molecular weight is 335 g/mol. The first kappa shape index (κ1) is 17.0. The molecule has 2 N–H and O–H groups in total. The first-order chi connectivity index (χ1) is 11.1. The van der Waals surface area contributed by atoms with Crippen LogP contribution >= 0.6 is 11.6 Å². The summed E-state index contributed by atoms with van der Waals surface area (Å²) in [5.41, 5.74) is 1.41. The van der Waals surface area contributed by atoms with E-state index in [0.717, 1.165) is 5.69 Å². The van der Waals surface area contributed by atoms with Crippen LogP contribution in [0.3, 0.4) is 0 Å².